The van der Waals surface area contributed by atoms with Gasteiger partial charge in [-0.25, -0.2) is 0 Å². The fraction of sp³-hybridized carbons (Fsp3) is 0.133. The van der Waals surface area contributed by atoms with Crippen molar-refractivity contribution in [3.63, 3.8) is 0 Å². The minimum atomic E-state index is -0.202. The van der Waals surface area contributed by atoms with Crippen molar-refractivity contribution < 1.29 is 4.79 Å². The molecular formula is C15H12BrClINO. The zero-order valence-electron chi connectivity index (χ0n) is 10.7. The molecule has 1 N–H and O–H groups in total. The normalized spacial score (nSPS) is 10.4. The Hall–Kier alpha value is -0.590. The first-order valence-electron chi connectivity index (χ1n) is 6.06. The van der Waals surface area contributed by atoms with Crippen LogP contribution in [0.15, 0.2) is 40.9 Å². The van der Waals surface area contributed by atoms with E-state index in [2.05, 4.69) is 56.8 Å². The molecule has 0 heterocycles. The van der Waals surface area contributed by atoms with Crippen molar-refractivity contribution in [2.45, 2.75) is 13.3 Å². The molecule has 2 aromatic rings. The summed E-state index contributed by atoms with van der Waals surface area (Å²) in [6, 6.07) is 11.2. The van der Waals surface area contributed by atoms with E-state index in [1.807, 2.05) is 18.2 Å². The van der Waals surface area contributed by atoms with Crippen molar-refractivity contribution in [2.24, 2.45) is 0 Å². The first-order chi connectivity index (χ1) is 9.51. The number of carbonyl (C=O) groups is 1. The van der Waals surface area contributed by atoms with Crippen molar-refractivity contribution in [3.05, 3.63) is 60.6 Å². The van der Waals surface area contributed by atoms with Gasteiger partial charge in [0.25, 0.3) is 5.91 Å². The summed E-state index contributed by atoms with van der Waals surface area (Å²) in [5.41, 5.74) is 2.40. The summed E-state index contributed by atoms with van der Waals surface area (Å²) in [4.78, 5) is 12.3. The van der Waals surface area contributed by atoms with Crippen molar-refractivity contribution >= 4 is 61.7 Å². The number of amides is 1. The molecule has 2 nitrogen and oxygen atoms in total. The maximum absolute atomic E-state index is 12.3. The van der Waals surface area contributed by atoms with E-state index >= 15 is 0 Å². The van der Waals surface area contributed by atoms with Gasteiger partial charge in [0.15, 0.2) is 0 Å². The summed E-state index contributed by atoms with van der Waals surface area (Å²) in [6.45, 7) is 2.06. The number of carbonyl (C=O) groups excluding carboxylic acids is 1. The fourth-order valence-corrected chi connectivity index (χ4v) is 2.96. The second kappa shape index (κ2) is 6.91. The van der Waals surface area contributed by atoms with Gasteiger partial charge in [0.2, 0.25) is 0 Å². The van der Waals surface area contributed by atoms with Gasteiger partial charge in [0.05, 0.1) is 10.6 Å². The van der Waals surface area contributed by atoms with E-state index in [9.17, 15) is 4.79 Å². The van der Waals surface area contributed by atoms with Crippen molar-refractivity contribution in [3.8, 4) is 0 Å². The van der Waals surface area contributed by atoms with Crippen molar-refractivity contribution in [2.75, 3.05) is 5.32 Å². The lowest BCUT2D eigenvalue weighted by molar-refractivity contribution is 0.102. The van der Waals surface area contributed by atoms with Crippen LogP contribution < -0.4 is 5.32 Å². The maximum atomic E-state index is 12.3. The first-order valence-corrected chi connectivity index (χ1v) is 8.31. The monoisotopic (exact) mass is 463 g/mol. The van der Waals surface area contributed by atoms with Gasteiger partial charge >= 0.3 is 0 Å². The standard InChI is InChI=1S/C15H12BrClINO/c1-2-9-7-11(18)4-6-14(9)19-15(20)12-8-10(16)3-5-13(12)17/h3-8H,2H2,1H3,(H,19,20). The summed E-state index contributed by atoms with van der Waals surface area (Å²) in [7, 11) is 0. The van der Waals surface area contributed by atoms with Gasteiger partial charge < -0.3 is 5.32 Å². The lowest BCUT2D eigenvalue weighted by atomic mass is 10.1. The molecule has 5 heteroatoms. The minimum Gasteiger partial charge on any atom is -0.322 e. The van der Waals surface area contributed by atoms with Gasteiger partial charge in [-0.15, -0.1) is 0 Å². The van der Waals surface area contributed by atoms with Crippen molar-refractivity contribution in [1.82, 2.24) is 0 Å². The van der Waals surface area contributed by atoms with Gasteiger partial charge in [-0.2, -0.15) is 0 Å². The highest BCUT2D eigenvalue weighted by Gasteiger charge is 2.12. The summed E-state index contributed by atoms with van der Waals surface area (Å²) >= 11 is 11.7. The summed E-state index contributed by atoms with van der Waals surface area (Å²) in [5, 5.41) is 3.36. The number of benzene rings is 2. The van der Waals surface area contributed by atoms with E-state index in [0.29, 0.717) is 10.6 Å². The third-order valence-corrected chi connectivity index (χ3v) is 4.36. The number of halogens is 3. The number of nitrogens with one attached hydrogen (secondary N) is 1. The van der Waals surface area contributed by atoms with Crippen molar-refractivity contribution in [1.29, 1.82) is 0 Å². The Labute approximate surface area is 145 Å². The van der Waals surface area contributed by atoms with Gasteiger partial charge in [0, 0.05) is 13.7 Å². The molecule has 104 valence electrons. The smallest absolute Gasteiger partial charge is 0.257 e. The number of aryl methyl sites for hydroxylation is 1. The molecule has 0 radical (unpaired) electrons. The second-order valence-electron chi connectivity index (χ2n) is 4.23. The van der Waals surface area contributed by atoms with Crippen LogP contribution in [0.1, 0.15) is 22.8 Å². The zero-order valence-corrected chi connectivity index (χ0v) is 15.2. The lowest BCUT2D eigenvalue weighted by Crippen LogP contribution is -2.14. The Morgan fingerprint density at radius 2 is 2.05 bits per heavy atom. The molecule has 0 aliphatic rings. The molecule has 2 rings (SSSR count). The molecular weight excluding hydrogens is 452 g/mol. The van der Waals surface area contributed by atoms with Gasteiger partial charge in [0.1, 0.15) is 0 Å². The lowest BCUT2D eigenvalue weighted by Gasteiger charge is -2.11. The van der Waals surface area contributed by atoms with Crippen LogP contribution in [0.2, 0.25) is 5.02 Å². The molecule has 2 aromatic carbocycles. The van der Waals surface area contributed by atoms with E-state index in [1.165, 1.54) is 0 Å². The van der Waals surface area contributed by atoms with E-state index in [4.69, 9.17) is 11.6 Å². The highest BCUT2D eigenvalue weighted by molar-refractivity contribution is 14.1. The third kappa shape index (κ3) is 3.74. The Morgan fingerprint density at radius 3 is 2.75 bits per heavy atom. The molecule has 0 aliphatic heterocycles. The Kier molecular flexibility index (Phi) is 5.46. The van der Waals surface area contributed by atoms with Crippen LogP contribution in [0.5, 0.6) is 0 Å². The molecule has 0 aliphatic carbocycles. The zero-order chi connectivity index (χ0) is 14.7. The number of anilines is 1. The van der Waals surface area contributed by atoms with E-state index < -0.39 is 0 Å². The molecule has 0 atom stereocenters. The van der Waals surface area contributed by atoms with Gasteiger partial charge in [-0.05, 0) is 71.0 Å². The van der Waals surface area contributed by atoms with Crippen LogP contribution in [0, 0.1) is 3.57 Å². The predicted octanol–water partition coefficient (Wildman–Crippen LogP) is 5.52. The highest BCUT2D eigenvalue weighted by atomic mass is 127. The average molecular weight is 465 g/mol. The Bertz CT molecular complexity index is 660. The molecule has 0 fully saturated rings. The molecule has 0 saturated heterocycles. The molecule has 0 saturated carbocycles. The van der Waals surface area contributed by atoms with Gasteiger partial charge in [-0.3, -0.25) is 4.79 Å². The van der Waals surface area contributed by atoms with Crippen LogP contribution >= 0.6 is 50.1 Å². The van der Waals surface area contributed by atoms with Crippen LogP contribution in [-0.2, 0) is 6.42 Å². The Morgan fingerprint density at radius 1 is 1.30 bits per heavy atom. The molecule has 0 spiro atoms. The maximum Gasteiger partial charge on any atom is 0.257 e. The topological polar surface area (TPSA) is 29.1 Å². The SMILES string of the molecule is CCc1cc(I)ccc1NC(=O)c1cc(Br)ccc1Cl. The van der Waals surface area contributed by atoms with Crippen LogP contribution in [0.25, 0.3) is 0 Å². The molecule has 0 aromatic heterocycles. The predicted molar refractivity (Wildman–Crippen MR) is 95.6 cm³/mol. The molecule has 1 amide bonds. The van der Waals surface area contributed by atoms with Crippen LogP contribution in [0.4, 0.5) is 5.69 Å². The summed E-state index contributed by atoms with van der Waals surface area (Å²) in [5.74, 6) is -0.202. The average Bonchev–Trinajstić information content (AvgIpc) is 2.43. The third-order valence-electron chi connectivity index (χ3n) is 2.87. The molecule has 20 heavy (non-hydrogen) atoms. The van der Waals surface area contributed by atoms with E-state index in [1.54, 1.807) is 12.1 Å². The molecule has 0 unspecified atom stereocenters. The Balaban J connectivity index is 2.30. The minimum absolute atomic E-state index is 0.202. The largest absolute Gasteiger partial charge is 0.322 e. The van der Waals surface area contributed by atoms with Crippen LogP contribution in [0.3, 0.4) is 0 Å². The first kappa shape index (κ1) is 15.8. The summed E-state index contributed by atoms with van der Waals surface area (Å²) < 4.78 is 1.98. The van der Waals surface area contributed by atoms with E-state index in [0.717, 1.165) is 25.7 Å². The second-order valence-corrected chi connectivity index (χ2v) is 6.80. The summed E-state index contributed by atoms with van der Waals surface area (Å²) in [6.07, 6.45) is 0.860. The highest BCUT2D eigenvalue weighted by Crippen LogP contribution is 2.24. The van der Waals surface area contributed by atoms with E-state index in [-0.39, 0.29) is 5.91 Å². The number of rotatable bonds is 3. The van der Waals surface area contributed by atoms with Gasteiger partial charge in [-0.1, -0.05) is 34.5 Å². The van der Waals surface area contributed by atoms with Crippen LogP contribution in [-0.4, -0.2) is 5.91 Å². The molecule has 0 bridgehead atoms. The number of hydrogen-bond donors (Lipinski definition) is 1. The number of hydrogen-bond acceptors (Lipinski definition) is 1. The quantitative estimate of drug-likeness (QED) is 0.596. The fourth-order valence-electron chi connectivity index (χ4n) is 1.84.